The first-order valence-electron chi connectivity index (χ1n) is 9.76. The van der Waals surface area contributed by atoms with Crippen molar-refractivity contribution in [3.8, 4) is 11.5 Å². The summed E-state index contributed by atoms with van der Waals surface area (Å²) in [5.41, 5.74) is 0.840. The number of nitrogens with zero attached hydrogens (tertiary/aromatic N) is 1. The fraction of sp³-hybridized carbons (Fsp3) is 0.455. The number of hydrogen-bond donors (Lipinski definition) is 1. The Morgan fingerprint density at radius 3 is 2.86 bits per heavy atom. The maximum atomic E-state index is 12.1. The van der Waals surface area contributed by atoms with Gasteiger partial charge in [0.25, 0.3) is 0 Å². The third-order valence-corrected chi connectivity index (χ3v) is 4.77. The normalized spacial score (nSPS) is 14.9. The molecule has 0 unspecified atom stereocenters. The van der Waals surface area contributed by atoms with E-state index in [1.807, 2.05) is 17.0 Å². The van der Waals surface area contributed by atoms with Crippen LogP contribution in [-0.4, -0.2) is 49.6 Å². The van der Waals surface area contributed by atoms with E-state index in [2.05, 4.69) is 18.8 Å². The van der Waals surface area contributed by atoms with Gasteiger partial charge in [0.15, 0.2) is 11.5 Å². The van der Waals surface area contributed by atoms with Gasteiger partial charge in [0, 0.05) is 31.6 Å². The molecule has 1 aromatic carbocycles. The molecule has 1 heterocycles. The molecular weight excluding hydrogens is 356 g/mol. The lowest BCUT2D eigenvalue weighted by atomic mass is 10.1. The number of ether oxygens (including phenoxy) is 2. The molecule has 6 nitrogen and oxygen atoms in total. The number of nitrogens with one attached hydrogen (secondary N) is 1. The summed E-state index contributed by atoms with van der Waals surface area (Å²) in [7, 11) is 1.57. The van der Waals surface area contributed by atoms with E-state index < -0.39 is 0 Å². The summed E-state index contributed by atoms with van der Waals surface area (Å²) in [5.74, 6) is 1.30. The molecule has 0 aromatic heterocycles. The number of carbonyl (C=O) groups excluding carboxylic acids is 2. The van der Waals surface area contributed by atoms with Gasteiger partial charge in [-0.25, -0.2) is 0 Å². The molecule has 1 aliphatic rings. The van der Waals surface area contributed by atoms with Crippen molar-refractivity contribution in [2.24, 2.45) is 0 Å². The molecule has 1 fully saturated rings. The van der Waals surface area contributed by atoms with Gasteiger partial charge in [-0.3, -0.25) is 9.59 Å². The minimum Gasteiger partial charge on any atom is -0.493 e. The molecule has 0 spiro atoms. The van der Waals surface area contributed by atoms with E-state index in [-0.39, 0.29) is 17.9 Å². The fourth-order valence-electron chi connectivity index (χ4n) is 3.28. The quantitative estimate of drug-likeness (QED) is 0.468. The molecular formula is C22H30N2O4. The highest BCUT2D eigenvalue weighted by molar-refractivity contribution is 5.91. The average Bonchev–Trinajstić information content (AvgIpc) is 3.14. The van der Waals surface area contributed by atoms with Gasteiger partial charge >= 0.3 is 0 Å². The number of carbonyl (C=O) groups is 2. The summed E-state index contributed by atoms with van der Waals surface area (Å²) in [6, 6.07) is 5.68. The van der Waals surface area contributed by atoms with Gasteiger partial charge < -0.3 is 19.7 Å². The van der Waals surface area contributed by atoms with Gasteiger partial charge in [-0.1, -0.05) is 25.6 Å². The van der Waals surface area contributed by atoms with Crippen LogP contribution in [-0.2, 0) is 9.59 Å². The van der Waals surface area contributed by atoms with Crippen LogP contribution in [0, 0.1) is 0 Å². The van der Waals surface area contributed by atoms with Crippen LogP contribution in [0.1, 0.15) is 38.2 Å². The van der Waals surface area contributed by atoms with Gasteiger partial charge in [0.2, 0.25) is 11.8 Å². The molecule has 0 radical (unpaired) electrons. The molecule has 6 heteroatoms. The van der Waals surface area contributed by atoms with Crippen LogP contribution in [0.25, 0.3) is 6.08 Å². The van der Waals surface area contributed by atoms with Crippen molar-refractivity contribution in [2.45, 2.75) is 38.6 Å². The zero-order valence-corrected chi connectivity index (χ0v) is 16.8. The highest BCUT2D eigenvalue weighted by Gasteiger charge is 2.26. The van der Waals surface area contributed by atoms with E-state index in [4.69, 9.17) is 9.47 Å². The number of methoxy groups -OCH3 is 1. The maximum absolute atomic E-state index is 12.1. The fourth-order valence-corrected chi connectivity index (χ4v) is 3.28. The van der Waals surface area contributed by atoms with Crippen LogP contribution in [0.2, 0.25) is 0 Å². The Morgan fingerprint density at radius 1 is 1.39 bits per heavy atom. The first-order chi connectivity index (χ1) is 13.6. The summed E-state index contributed by atoms with van der Waals surface area (Å²) in [6.07, 6.45) is 8.15. The Balaban J connectivity index is 1.84. The Morgan fingerprint density at radius 2 is 2.21 bits per heavy atom. The van der Waals surface area contributed by atoms with Crippen LogP contribution in [0.4, 0.5) is 0 Å². The standard InChI is InChI=1S/C22H30N2O4/c1-4-15-28-19-10-8-17(16-20(19)27-3)9-11-21(25)23-13-12-18(5-2)24-14-6-7-22(24)26/h4,8-11,16,18H,1,5-7,12-15H2,2-3H3,(H,23,25)/b11-9+/t18-/m1/s1. The van der Waals surface area contributed by atoms with E-state index in [1.165, 1.54) is 6.08 Å². The number of hydrogen-bond acceptors (Lipinski definition) is 4. The van der Waals surface area contributed by atoms with Gasteiger partial charge in [0.1, 0.15) is 6.61 Å². The molecule has 1 aromatic rings. The molecule has 0 aliphatic carbocycles. The van der Waals surface area contributed by atoms with Crippen LogP contribution < -0.4 is 14.8 Å². The van der Waals surface area contributed by atoms with Crippen molar-refractivity contribution in [1.29, 1.82) is 0 Å². The number of likely N-dealkylation sites (tertiary alicyclic amines) is 1. The van der Waals surface area contributed by atoms with Gasteiger partial charge in [0.05, 0.1) is 7.11 Å². The third kappa shape index (κ3) is 6.15. The Hall–Kier alpha value is -2.76. The van der Waals surface area contributed by atoms with E-state index in [0.717, 1.165) is 31.4 Å². The smallest absolute Gasteiger partial charge is 0.244 e. The van der Waals surface area contributed by atoms with Gasteiger partial charge in [-0.15, -0.1) is 0 Å². The molecule has 1 atom stereocenters. The number of benzene rings is 1. The van der Waals surface area contributed by atoms with Gasteiger partial charge in [-0.05, 0) is 43.0 Å². The summed E-state index contributed by atoms with van der Waals surface area (Å²) in [6.45, 7) is 7.48. The molecule has 28 heavy (non-hydrogen) atoms. The van der Waals surface area contributed by atoms with Crippen molar-refractivity contribution >= 4 is 17.9 Å². The Kier molecular flexibility index (Phi) is 8.59. The van der Waals surface area contributed by atoms with E-state index >= 15 is 0 Å². The summed E-state index contributed by atoms with van der Waals surface area (Å²) < 4.78 is 10.8. The minimum atomic E-state index is -0.159. The van der Waals surface area contributed by atoms with E-state index in [0.29, 0.717) is 31.1 Å². The van der Waals surface area contributed by atoms with Crippen LogP contribution >= 0.6 is 0 Å². The summed E-state index contributed by atoms with van der Waals surface area (Å²) in [4.78, 5) is 25.9. The van der Waals surface area contributed by atoms with Crippen molar-refractivity contribution < 1.29 is 19.1 Å². The van der Waals surface area contributed by atoms with Crippen LogP contribution in [0.3, 0.4) is 0 Å². The molecule has 2 rings (SSSR count). The second kappa shape index (κ2) is 11.2. The highest BCUT2D eigenvalue weighted by Crippen LogP contribution is 2.28. The van der Waals surface area contributed by atoms with Crippen LogP contribution in [0.5, 0.6) is 11.5 Å². The largest absolute Gasteiger partial charge is 0.493 e. The number of rotatable bonds is 11. The van der Waals surface area contributed by atoms with Crippen molar-refractivity contribution in [3.05, 3.63) is 42.5 Å². The Labute approximate surface area is 167 Å². The van der Waals surface area contributed by atoms with E-state index in [9.17, 15) is 9.59 Å². The maximum Gasteiger partial charge on any atom is 0.244 e. The highest BCUT2D eigenvalue weighted by atomic mass is 16.5. The number of amides is 2. The van der Waals surface area contributed by atoms with Crippen molar-refractivity contribution in [3.63, 3.8) is 0 Å². The zero-order chi connectivity index (χ0) is 20.4. The zero-order valence-electron chi connectivity index (χ0n) is 16.8. The van der Waals surface area contributed by atoms with Crippen molar-refractivity contribution in [1.82, 2.24) is 10.2 Å². The molecule has 2 amide bonds. The molecule has 1 aliphatic heterocycles. The molecule has 0 saturated carbocycles. The second-order valence-electron chi connectivity index (χ2n) is 6.68. The third-order valence-electron chi connectivity index (χ3n) is 4.77. The SMILES string of the molecule is C=CCOc1ccc(/C=C/C(=O)NCC[C@@H](CC)N2CCCC2=O)cc1OC. The second-order valence-corrected chi connectivity index (χ2v) is 6.68. The monoisotopic (exact) mass is 386 g/mol. The molecule has 1 N–H and O–H groups in total. The molecule has 1 saturated heterocycles. The predicted octanol–water partition coefficient (Wildman–Crippen LogP) is 3.18. The van der Waals surface area contributed by atoms with Crippen molar-refractivity contribution in [2.75, 3.05) is 26.8 Å². The lowest BCUT2D eigenvalue weighted by Crippen LogP contribution is -2.38. The van der Waals surface area contributed by atoms with Crippen LogP contribution in [0.15, 0.2) is 36.9 Å². The minimum absolute atomic E-state index is 0.159. The lowest BCUT2D eigenvalue weighted by molar-refractivity contribution is -0.129. The summed E-state index contributed by atoms with van der Waals surface area (Å²) >= 11 is 0. The first-order valence-corrected chi connectivity index (χ1v) is 9.76. The first kappa shape index (κ1) is 21.5. The van der Waals surface area contributed by atoms with Gasteiger partial charge in [-0.2, -0.15) is 0 Å². The Bertz CT molecular complexity index is 714. The summed E-state index contributed by atoms with van der Waals surface area (Å²) in [5, 5.41) is 2.89. The average molecular weight is 386 g/mol. The molecule has 0 bridgehead atoms. The van der Waals surface area contributed by atoms with E-state index in [1.54, 1.807) is 25.3 Å². The predicted molar refractivity (Wildman–Crippen MR) is 110 cm³/mol. The lowest BCUT2D eigenvalue weighted by Gasteiger charge is -2.26. The topological polar surface area (TPSA) is 67.9 Å². The molecule has 152 valence electrons.